The van der Waals surface area contributed by atoms with Crippen LogP contribution in [0.5, 0.6) is 0 Å². The van der Waals surface area contributed by atoms with E-state index < -0.39 is 0 Å². The fourth-order valence-corrected chi connectivity index (χ4v) is 2.66. The molecule has 1 aliphatic carbocycles. The summed E-state index contributed by atoms with van der Waals surface area (Å²) in [5.74, 6) is 0.742. The van der Waals surface area contributed by atoms with Gasteiger partial charge in [-0.25, -0.2) is 4.79 Å². The summed E-state index contributed by atoms with van der Waals surface area (Å²) in [4.78, 5) is 28.1. The Hall–Kier alpha value is -2.04. The van der Waals surface area contributed by atoms with Crippen LogP contribution in [0, 0.1) is 12.8 Å². The quantitative estimate of drug-likeness (QED) is 0.926. The number of urea groups is 1. The van der Waals surface area contributed by atoms with Gasteiger partial charge in [-0.3, -0.25) is 4.79 Å². The Morgan fingerprint density at radius 3 is 2.23 bits per heavy atom. The van der Waals surface area contributed by atoms with E-state index in [9.17, 15) is 9.59 Å². The van der Waals surface area contributed by atoms with Crippen LogP contribution in [-0.4, -0.2) is 54.5 Å². The Morgan fingerprint density at radius 1 is 1.05 bits per heavy atom. The second-order valence-electron chi connectivity index (χ2n) is 6.27. The van der Waals surface area contributed by atoms with Crippen LogP contribution in [0.2, 0.25) is 0 Å². The third-order valence-electron chi connectivity index (χ3n) is 4.39. The van der Waals surface area contributed by atoms with Gasteiger partial charge in [-0.1, -0.05) is 17.7 Å². The van der Waals surface area contributed by atoms with Crippen molar-refractivity contribution in [2.75, 3.05) is 32.7 Å². The fraction of sp³-hybridized carbons (Fsp3) is 0.529. The molecule has 1 saturated heterocycles. The lowest BCUT2D eigenvalue weighted by molar-refractivity contribution is 0.0665. The van der Waals surface area contributed by atoms with Gasteiger partial charge in [0.1, 0.15) is 0 Å². The van der Waals surface area contributed by atoms with Crippen molar-refractivity contribution in [3.8, 4) is 0 Å². The topological polar surface area (TPSA) is 52.7 Å². The molecule has 0 radical (unpaired) electrons. The molecule has 2 aliphatic rings. The zero-order valence-corrected chi connectivity index (χ0v) is 13.0. The van der Waals surface area contributed by atoms with E-state index in [1.54, 1.807) is 4.90 Å². The Labute approximate surface area is 131 Å². The van der Waals surface area contributed by atoms with Crippen LogP contribution in [0.25, 0.3) is 0 Å². The van der Waals surface area contributed by atoms with Crippen LogP contribution in [-0.2, 0) is 0 Å². The van der Waals surface area contributed by atoms with Crippen molar-refractivity contribution in [3.05, 3.63) is 35.4 Å². The number of piperazine rings is 1. The van der Waals surface area contributed by atoms with E-state index >= 15 is 0 Å². The standard InChI is InChI=1S/C17H23N3O2/c1-13-2-6-15(7-3-13)16(21)19-8-10-20(11-9-19)17(22)18-12-14-4-5-14/h2-3,6-7,14H,4-5,8-12H2,1H3,(H,18,22). The van der Waals surface area contributed by atoms with Crippen LogP contribution >= 0.6 is 0 Å². The number of carbonyl (C=O) groups excluding carboxylic acids is 2. The minimum atomic E-state index is 0.00864. The highest BCUT2D eigenvalue weighted by Gasteiger charge is 2.26. The average molecular weight is 301 g/mol. The SMILES string of the molecule is Cc1ccc(C(=O)N2CCN(C(=O)NCC3CC3)CC2)cc1. The van der Waals surface area contributed by atoms with E-state index in [-0.39, 0.29) is 11.9 Å². The number of amides is 3. The number of nitrogens with one attached hydrogen (secondary N) is 1. The molecule has 5 nitrogen and oxygen atoms in total. The molecule has 0 bridgehead atoms. The summed E-state index contributed by atoms with van der Waals surface area (Å²) in [6, 6.07) is 7.65. The molecule has 1 aliphatic heterocycles. The average Bonchev–Trinajstić information content (AvgIpc) is 3.37. The first-order valence-electron chi connectivity index (χ1n) is 8.02. The predicted octanol–water partition coefficient (Wildman–Crippen LogP) is 1.87. The number of rotatable bonds is 3. The predicted molar refractivity (Wildman–Crippen MR) is 84.8 cm³/mol. The molecule has 22 heavy (non-hydrogen) atoms. The number of hydrogen-bond acceptors (Lipinski definition) is 2. The fourth-order valence-electron chi connectivity index (χ4n) is 2.66. The molecule has 1 aromatic carbocycles. The first-order chi connectivity index (χ1) is 10.6. The normalized spacial score (nSPS) is 18.2. The molecule has 3 rings (SSSR count). The van der Waals surface area contributed by atoms with Gasteiger partial charge in [0.2, 0.25) is 0 Å². The summed E-state index contributed by atoms with van der Waals surface area (Å²) in [5.41, 5.74) is 1.87. The molecule has 118 valence electrons. The van der Waals surface area contributed by atoms with Gasteiger partial charge in [0.05, 0.1) is 0 Å². The Morgan fingerprint density at radius 2 is 1.64 bits per heavy atom. The van der Waals surface area contributed by atoms with E-state index in [1.165, 1.54) is 12.8 Å². The second-order valence-corrected chi connectivity index (χ2v) is 6.27. The lowest BCUT2D eigenvalue weighted by Gasteiger charge is -2.34. The Kier molecular flexibility index (Phi) is 4.32. The lowest BCUT2D eigenvalue weighted by Crippen LogP contribution is -2.53. The number of carbonyl (C=O) groups is 2. The van der Waals surface area contributed by atoms with Crippen molar-refractivity contribution in [2.24, 2.45) is 5.92 Å². The largest absolute Gasteiger partial charge is 0.338 e. The lowest BCUT2D eigenvalue weighted by atomic mass is 10.1. The molecule has 5 heteroatoms. The molecule has 0 spiro atoms. The van der Waals surface area contributed by atoms with E-state index in [1.807, 2.05) is 36.1 Å². The van der Waals surface area contributed by atoms with Crippen molar-refractivity contribution >= 4 is 11.9 Å². The molecule has 2 fully saturated rings. The van der Waals surface area contributed by atoms with E-state index in [2.05, 4.69) is 5.32 Å². The third-order valence-corrected chi connectivity index (χ3v) is 4.39. The Balaban J connectivity index is 1.49. The molecule has 3 amide bonds. The number of nitrogens with zero attached hydrogens (tertiary/aromatic N) is 2. The maximum absolute atomic E-state index is 12.4. The summed E-state index contributed by atoms with van der Waals surface area (Å²) >= 11 is 0. The minimum Gasteiger partial charge on any atom is -0.338 e. The summed E-state index contributed by atoms with van der Waals surface area (Å²) < 4.78 is 0. The molecule has 0 unspecified atom stereocenters. The van der Waals surface area contributed by atoms with Crippen LogP contribution in [0.1, 0.15) is 28.8 Å². The minimum absolute atomic E-state index is 0.00864. The second kappa shape index (κ2) is 6.38. The molecule has 0 atom stereocenters. The molecule has 1 aromatic rings. The van der Waals surface area contributed by atoms with Gasteiger partial charge >= 0.3 is 6.03 Å². The maximum atomic E-state index is 12.4. The molecule has 0 aromatic heterocycles. The summed E-state index contributed by atoms with van der Waals surface area (Å²) in [6.45, 7) is 5.21. The molecule has 1 heterocycles. The van der Waals surface area contributed by atoms with Crippen LogP contribution in [0.15, 0.2) is 24.3 Å². The van der Waals surface area contributed by atoms with Gasteiger partial charge in [-0.15, -0.1) is 0 Å². The highest BCUT2D eigenvalue weighted by Crippen LogP contribution is 2.27. The van der Waals surface area contributed by atoms with Crippen LogP contribution < -0.4 is 5.32 Å². The van der Waals surface area contributed by atoms with E-state index in [0.29, 0.717) is 32.1 Å². The first kappa shape index (κ1) is 14.9. The van der Waals surface area contributed by atoms with Gasteiger partial charge in [0.25, 0.3) is 5.91 Å². The first-order valence-corrected chi connectivity index (χ1v) is 8.02. The molecule has 1 N–H and O–H groups in total. The van der Waals surface area contributed by atoms with Crippen LogP contribution in [0.3, 0.4) is 0 Å². The van der Waals surface area contributed by atoms with Gasteiger partial charge in [-0.05, 0) is 37.8 Å². The van der Waals surface area contributed by atoms with Crippen molar-refractivity contribution in [3.63, 3.8) is 0 Å². The van der Waals surface area contributed by atoms with Crippen molar-refractivity contribution in [1.29, 1.82) is 0 Å². The number of aryl methyl sites for hydroxylation is 1. The molecular weight excluding hydrogens is 278 g/mol. The van der Waals surface area contributed by atoms with Crippen molar-refractivity contribution < 1.29 is 9.59 Å². The smallest absolute Gasteiger partial charge is 0.317 e. The summed E-state index contributed by atoms with van der Waals surface area (Å²) in [7, 11) is 0. The van der Waals surface area contributed by atoms with Gasteiger partial charge < -0.3 is 15.1 Å². The van der Waals surface area contributed by atoms with E-state index in [4.69, 9.17) is 0 Å². The third kappa shape index (κ3) is 3.59. The highest BCUT2D eigenvalue weighted by atomic mass is 16.2. The van der Waals surface area contributed by atoms with Gasteiger partial charge in [0, 0.05) is 38.3 Å². The van der Waals surface area contributed by atoms with Crippen molar-refractivity contribution in [2.45, 2.75) is 19.8 Å². The zero-order valence-electron chi connectivity index (χ0n) is 13.0. The molecular formula is C17H23N3O2. The van der Waals surface area contributed by atoms with Gasteiger partial charge in [0.15, 0.2) is 0 Å². The maximum Gasteiger partial charge on any atom is 0.317 e. The summed E-state index contributed by atoms with van der Waals surface area (Å²) in [6.07, 6.45) is 2.47. The van der Waals surface area contributed by atoms with Gasteiger partial charge in [-0.2, -0.15) is 0 Å². The van der Waals surface area contributed by atoms with Crippen molar-refractivity contribution in [1.82, 2.24) is 15.1 Å². The number of benzene rings is 1. The monoisotopic (exact) mass is 301 g/mol. The zero-order chi connectivity index (χ0) is 15.5. The summed E-state index contributed by atoms with van der Waals surface area (Å²) in [5, 5.41) is 2.98. The molecule has 1 saturated carbocycles. The van der Waals surface area contributed by atoms with E-state index in [0.717, 1.165) is 17.7 Å². The highest BCUT2D eigenvalue weighted by molar-refractivity contribution is 5.94. The number of hydrogen-bond donors (Lipinski definition) is 1. The Bertz CT molecular complexity index is 544. The van der Waals surface area contributed by atoms with Crippen LogP contribution in [0.4, 0.5) is 4.79 Å².